The van der Waals surface area contributed by atoms with Crippen molar-refractivity contribution in [3.63, 3.8) is 0 Å². The van der Waals surface area contributed by atoms with Gasteiger partial charge in [0.15, 0.2) is 0 Å². The molecule has 1 aromatic rings. The average molecular weight is 489 g/mol. The van der Waals surface area contributed by atoms with Gasteiger partial charge < -0.3 is 0 Å². The van der Waals surface area contributed by atoms with Crippen molar-refractivity contribution in [1.29, 1.82) is 0 Å². The van der Waals surface area contributed by atoms with Crippen LogP contribution in [-0.2, 0) is 4.62 Å². The van der Waals surface area contributed by atoms with Crippen molar-refractivity contribution < 1.29 is 24.5 Å². The summed E-state index contributed by atoms with van der Waals surface area (Å²) in [4.78, 5) is 34.5. The molecule has 11 heteroatoms. The Bertz CT molecular complexity index is 804. The van der Waals surface area contributed by atoms with E-state index in [1.54, 1.807) is 0 Å². The summed E-state index contributed by atoms with van der Waals surface area (Å²) in [7, 11) is 0. The molecule has 0 bridgehead atoms. The fourth-order valence-corrected chi connectivity index (χ4v) is 10.9. The Balaban J connectivity index is 3.67. The van der Waals surface area contributed by atoms with Crippen LogP contribution in [0.2, 0.25) is 0 Å². The molecular weight excluding hydrogens is 449 g/mol. The zero-order chi connectivity index (χ0) is 25.1. The molecule has 0 aromatic heterocycles. The van der Waals surface area contributed by atoms with Crippen LogP contribution in [-0.4, -0.2) is 44.5 Å². The van der Waals surface area contributed by atoms with E-state index in [1.165, 1.54) is 0 Å². The van der Waals surface area contributed by atoms with E-state index in [0.29, 0.717) is 6.07 Å². The first-order chi connectivity index (χ1) is 15.6. The number of non-ortho nitro benzene ring substituents is 1. The number of nitrogens with zero attached hydrogens (tertiary/aromatic N) is 3. The molecule has 0 unspecified atom stereocenters. The predicted molar refractivity (Wildman–Crippen MR) is 132 cm³/mol. The molecular formula is C22H39N3O7P+. The number of hydrogen-bond donors (Lipinski definition) is 1. The van der Waals surface area contributed by atoms with Gasteiger partial charge in [0.05, 0.1) is 0 Å². The molecule has 1 aromatic carbocycles. The SMILES string of the molecule is CCCCP(CCCC)(CCCC)(CCCC)O[N+](=O)c1cc([N+](=O)[O-])cc([N+](=O)[O-])c1O. The summed E-state index contributed by atoms with van der Waals surface area (Å²) >= 11 is 0. The van der Waals surface area contributed by atoms with Gasteiger partial charge in [-0.3, -0.25) is 0 Å². The molecule has 188 valence electrons. The average Bonchev–Trinajstić information content (AvgIpc) is 2.79. The fraction of sp³-hybridized carbons (Fsp3) is 0.727. The van der Waals surface area contributed by atoms with Crippen molar-refractivity contribution in [2.75, 3.05) is 24.6 Å². The quantitative estimate of drug-likeness (QED) is 0.139. The molecule has 1 N–H and O–H groups in total. The summed E-state index contributed by atoms with van der Waals surface area (Å²) < 4.78 is 6.37. The Morgan fingerprint density at radius 2 is 1.15 bits per heavy atom. The predicted octanol–water partition coefficient (Wildman–Crippen LogP) is 7.22. The summed E-state index contributed by atoms with van der Waals surface area (Å²) in [6.45, 7) is 5.19. The summed E-state index contributed by atoms with van der Waals surface area (Å²) in [5.41, 5.74) is -2.14. The number of benzene rings is 1. The molecule has 0 fully saturated rings. The molecule has 0 saturated heterocycles. The van der Waals surface area contributed by atoms with Crippen molar-refractivity contribution in [3.05, 3.63) is 37.3 Å². The summed E-state index contributed by atoms with van der Waals surface area (Å²) in [5, 5.41) is 33.1. The summed E-state index contributed by atoms with van der Waals surface area (Å²) in [5.74, 6) is -0.922. The molecule has 33 heavy (non-hydrogen) atoms. The zero-order valence-corrected chi connectivity index (χ0v) is 21.2. The van der Waals surface area contributed by atoms with Gasteiger partial charge in [0.25, 0.3) is 0 Å². The Hall–Kier alpha value is -2.35. The number of nitro groups is 2. The Labute approximate surface area is 195 Å². The number of phenolic OH excluding ortho intramolecular Hbond substituents is 1. The second kappa shape index (κ2) is 12.8. The third-order valence-corrected chi connectivity index (χ3v) is 12.7. The molecule has 0 atom stereocenters. The number of hydrogen-bond acceptors (Lipinski definition) is 7. The molecule has 0 aliphatic carbocycles. The second-order valence-corrected chi connectivity index (χ2v) is 14.5. The van der Waals surface area contributed by atoms with E-state index in [2.05, 4.69) is 27.7 Å². The molecule has 0 aliphatic rings. The number of phenols is 1. The standard InChI is InChI=1S/C22H38N3O7P/c1-5-9-13-33(14-10-6-2,15-11-7-3,16-12-8-4)32-25(31)21-18-19(23(27)28)17-20(22(21)26)24(29)30/h17-18H,5-16H2,1-4H3/p+1. The van der Waals surface area contributed by atoms with E-state index in [1.807, 2.05) is 0 Å². The first-order valence-electron chi connectivity index (χ1n) is 11.9. The Kier molecular flexibility index (Phi) is 11.1. The van der Waals surface area contributed by atoms with Crippen LogP contribution in [0.5, 0.6) is 5.75 Å². The Morgan fingerprint density at radius 3 is 1.48 bits per heavy atom. The van der Waals surface area contributed by atoms with Crippen molar-refractivity contribution in [1.82, 2.24) is 0 Å². The van der Waals surface area contributed by atoms with Crippen LogP contribution in [0.1, 0.15) is 79.1 Å². The van der Waals surface area contributed by atoms with Crippen LogP contribution in [0.25, 0.3) is 0 Å². The van der Waals surface area contributed by atoms with Gasteiger partial charge in [-0.2, -0.15) is 0 Å². The summed E-state index contributed by atoms with van der Waals surface area (Å²) in [6.07, 6.45) is 10.2. The van der Waals surface area contributed by atoms with Crippen LogP contribution in [0, 0.1) is 25.1 Å². The minimum atomic E-state index is -3.13. The van der Waals surface area contributed by atoms with Gasteiger partial charge in [-0.25, -0.2) is 0 Å². The molecule has 0 amide bonds. The number of nitro benzene ring substituents is 2. The molecule has 0 saturated carbocycles. The van der Waals surface area contributed by atoms with E-state index in [0.717, 1.165) is 82.1 Å². The van der Waals surface area contributed by atoms with E-state index < -0.39 is 39.5 Å². The van der Waals surface area contributed by atoms with Gasteiger partial charge in [-0.15, -0.1) is 0 Å². The number of rotatable bonds is 17. The van der Waals surface area contributed by atoms with Crippen LogP contribution in [0.15, 0.2) is 12.1 Å². The number of aromatic hydroxyl groups is 1. The van der Waals surface area contributed by atoms with Crippen LogP contribution < -0.4 is 0 Å². The van der Waals surface area contributed by atoms with E-state index in [-0.39, 0.29) is 4.92 Å². The van der Waals surface area contributed by atoms with Gasteiger partial charge in [0, 0.05) is 0 Å². The molecule has 0 spiro atoms. The van der Waals surface area contributed by atoms with Crippen molar-refractivity contribution in [2.45, 2.75) is 79.1 Å². The maximum atomic E-state index is 13.4. The van der Waals surface area contributed by atoms with Gasteiger partial charge in [-0.05, 0) is 0 Å². The third kappa shape index (κ3) is 7.32. The van der Waals surface area contributed by atoms with Crippen molar-refractivity contribution in [2.24, 2.45) is 0 Å². The van der Waals surface area contributed by atoms with Crippen LogP contribution in [0.3, 0.4) is 0 Å². The molecule has 1 rings (SSSR count). The summed E-state index contributed by atoms with van der Waals surface area (Å²) in [6, 6.07) is 1.49. The fourth-order valence-electron chi connectivity index (χ4n) is 4.29. The van der Waals surface area contributed by atoms with Gasteiger partial charge in [0.2, 0.25) is 0 Å². The van der Waals surface area contributed by atoms with Crippen LogP contribution in [0.4, 0.5) is 17.1 Å². The molecule has 10 nitrogen and oxygen atoms in total. The van der Waals surface area contributed by atoms with Gasteiger partial charge in [0.1, 0.15) is 0 Å². The first kappa shape index (κ1) is 28.7. The normalized spacial score (nSPS) is 12.7. The first-order valence-corrected chi connectivity index (χ1v) is 14.8. The van der Waals surface area contributed by atoms with Crippen molar-refractivity contribution in [3.8, 4) is 5.75 Å². The molecule has 0 radical (unpaired) electrons. The van der Waals surface area contributed by atoms with E-state index in [9.17, 15) is 30.2 Å². The van der Waals surface area contributed by atoms with Crippen molar-refractivity contribution >= 4 is 23.9 Å². The minimum absolute atomic E-state index is 0.143. The van der Waals surface area contributed by atoms with E-state index in [4.69, 9.17) is 4.62 Å². The third-order valence-electron chi connectivity index (χ3n) is 6.27. The van der Waals surface area contributed by atoms with Gasteiger partial charge >= 0.3 is 195 Å². The maximum absolute atomic E-state index is 13.4. The van der Waals surface area contributed by atoms with E-state index >= 15 is 0 Å². The molecule has 0 heterocycles. The van der Waals surface area contributed by atoms with Crippen LogP contribution >= 0.6 is 6.83 Å². The van der Waals surface area contributed by atoms with Gasteiger partial charge in [-0.1, -0.05) is 0 Å². The Morgan fingerprint density at radius 1 is 0.758 bits per heavy atom. The number of unbranched alkanes of at least 4 members (excludes halogenated alkanes) is 4. The second-order valence-electron chi connectivity index (χ2n) is 8.85. The molecule has 0 aliphatic heterocycles. The zero-order valence-electron chi connectivity index (χ0n) is 20.3. The monoisotopic (exact) mass is 488 g/mol. The topological polar surface area (TPSA) is 136 Å².